The summed E-state index contributed by atoms with van der Waals surface area (Å²) in [6, 6.07) is 5.73. The minimum absolute atomic E-state index is 0.339. The quantitative estimate of drug-likeness (QED) is 0.870. The Balaban J connectivity index is 2.07. The number of nitrogens with one attached hydrogen (secondary N) is 1. The lowest BCUT2D eigenvalue weighted by Crippen LogP contribution is -2.23. The predicted octanol–water partition coefficient (Wildman–Crippen LogP) is 2.80. The molecule has 3 rings (SSSR count). The third-order valence-electron chi connectivity index (χ3n) is 3.64. The van der Waals surface area contributed by atoms with Crippen LogP contribution in [0.3, 0.4) is 0 Å². The van der Waals surface area contributed by atoms with Crippen LogP contribution in [0.4, 0.5) is 10.6 Å². The van der Waals surface area contributed by atoms with Gasteiger partial charge in [-0.25, -0.2) is 9.97 Å². The Kier molecular flexibility index (Phi) is 4.29. The van der Waals surface area contributed by atoms with Crippen molar-refractivity contribution in [2.45, 2.75) is 13.8 Å². The zero-order chi connectivity index (χ0) is 16.4. The van der Waals surface area contributed by atoms with Gasteiger partial charge in [-0.3, -0.25) is 14.9 Å². The maximum atomic E-state index is 11.7. The number of fused-ring (bicyclic) bond motifs is 1. The lowest BCUT2D eigenvalue weighted by Gasteiger charge is -2.21. The highest BCUT2D eigenvalue weighted by Crippen LogP contribution is 2.28. The number of carbonyl (C=O) groups excluding carboxylic acids is 2. The predicted molar refractivity (Wildman–Crippen MR) is 92.2 cm³/mol. The molecule has 0 saturated carbocycles. The summed E-state index contributed by atoms with van der Waals surface area (Å²) in [6.07, 6.45) is 3.27. The van der Waals surface area contributed by atoms with Crippen LogP contribution in [0, 0.1) is 0 Å². The monoisotopic (exact) mass is 328 g/mol. The number of amides is 2. The molecule has 1 aromatic carbocycles. The molecule has 0 bridgehead atoms. The van der Waals surface area contributed by atoms with Gasteiger partial charge in [0.25, 0.3) is 11.1 Å². The highest BCUT2D eigenvalue weighted by molar-refractivity contribution is 8.18. The fraction of sp³-hybridized carbons (Fsp3) is 0.250. The first kappa shape index (κ1) is 15.5. The van der Waals surface area contributed by atoms with Gasteiger partial charge in [-0.2, -0.15) is 0 Å². The van der Waals surface area contributed by atoms with Crippen molar-refractivity contribution < 1.29 is 9.59 Å². The van der Waals surface area contributed by atoms with Crippen LogP contribution in [-0.2, 0) is 4.79 Å². The average Bonchev–Trinajstić information content (AvgIpc) is 2.86. The van der Waals surface area contributed by atoms with Crippen molar-refractivity contribution in [2.75, 3.05) is 18.0 Å². The lowest BCUT2D eigenvalue weighted by atomic mass is 10.1. The molecular formula is C16H16N4O2S. The molecule has 1 saturated heterocycles. The van der Waals surface area contributed by atoms with E-state index in [9.17, 15) is 9.59 Å². The number of aromatic nitrogens is 2. The summed E-state index contributed by atoms with van der Waals surface area (Å²) in [4.78, 5) is 34.2. The first-order valence-electron chi connectivity index (χ1n) is 7.37. The molecule has 23 heavy (non-hydrogen) atoms. The number of hydrogen-bond donors (Lipinski definition) is 1. The van der Waals surface area contributed by atoms with Gasteiger partial charge in [0.1, 0.15) is 12.1 Å². The van der Waals surface area contributed by atoms with Crippen molar-refractivity contribution in [3.8, 4) is 0 Å². The number of benzene rings is 1. The van der Waals surface area contributed by atoms with Gasteiger partial charge in [0.15, 0.2) is 0 Å². The van der Waals surface area contributed by atoms with Crippen molar-refractivity contribution in [3.05, 3.63) is 35.0 Å². The molecule has 0 radical (unpaired) electrons. The second-order valence-corrected chi connectivity index (χ2v) is 6.01. The largest absolute Gasteiger partial charge is 0.357 e. The molecule has 1 aliphatic rings. The van der Waals surface area contributed by atoms with Crippen LogP contribution in [0.5, 0.6) is 0 Å². The Morgan fingerprint density at radius 2 is 2.00 bits per heavy atom. The smallest absolute Gasteiger partial charge is 0.290 e. The molecule has 6 nitrogen and oxygen atoms in total. The normalized spacial score (nSPS) is 16.2. The van der Waals surface area contributed by atoms with Crippen LogP contribution >= 0.6 is 11.8 Å². The standard InChI is InChI=1S/C16H16N4O2S/c1-3-20(4-2)14-11-7-10(5-6-12(11)17-9-18-14)8-13-15(21)19-16(22)23-13/h5-9H,3-4H2,1-2H3,(H,19,21,22)/b13-8+. The molecule has 0 spiro atoms. The Bertz CT molecular complexity index is 815. The summed E-state index contributed by atoms with van der Waals surface area (Å²) in [5.74, 6) is 0.522. The highest BCUT2D eigenvalue weighted by Gasteiger charge is 2.25. The van der Waals surface area contributed by atoms with Crippen molar-refractivity contribution in [3.63, 3.8) is 0 Å². The van der Waals surface area contributed by atoms with Crippen LogP contribution in [0.2, 0.25) is 0 Å². The summed E-state index contributed by atoms with van der Waals surface area (Å²) >= 11 is 0.913. The van der Waals surface area contributed by atoms with Crippen molar-refractivity contribution >= 4 is 45.7 Å². The molecule has 2 aromatic rings. The fourth-order valence-electron chi connectivity index (χ4n) is 2.50. The minimum Gasteiger partial charge on any atom is -0.357 e. The van der Waals surface area contributed by atoms with E-state index in [-0.39, 0.29) is 11.1 Å². The van der Waals surface area contributed by atoms with Gasteiger partial charge < -0.3 is 4.90 Å². The first-order chi connectivity index (χ1) is 11.1. The molecule has 118 valence electrons. The molecule has 0 aliphatic carbocycles. The fourth-order valence-corrected chi connectivity index (χ4v) is 3.18. The van der Waals surface area contributed by atoms with Crippen LogP contribution in [0.15, 0.2) is 29.4 Å². The van der Waals surface area contributed by atoms with Gasteiger partial charge in [-0.1, -0.05) is 6.07 Å². The molecule has 1 N–H and O–H groups in total. The van der Waals surface area contributed by atoms with E-state index >= 15 is 0 Å². The molecular weight excluding hydrogens is 312 g/mol. The number of anilines is 1. The van der Waals surface area contributed by atoms with Gasteiger partial charge in [0.2, 0.25) is 0 Å². The van der Waals surface area contributed by atoms with E-state index in [0.29, 0.717) is 4.91 Å². The van der Waals surface area contributed by atoms with Gasteiger partial charge >= 0.3 is 0 Å². The van der Waals surface area contributed by atoms with Crippen LogP contribution in [-0.4, -0.2) is 34.2 Å². The Labute approximate surface area is 138 Å². The first-order valence-corrected chi connectivity index (χ1v) is 8.18. The van der Waals surface area contributed by atoms with Gasteiger partial charge in [0.05, 0.1) is 10.4 Å². The minimum atomic E-state index is -0.353. The van der Waals surface area contributed by atoms with Crippen molar-refractivity contribution in [1.82, 2.24) is 15.3 Å². The second-order valence-electron chi connectivity index (χ2n) is 5.00. The average molecular weight is 328 g/mol. The number of nitrogens with zero attached hydrogens (tertiary/aromatic N) is 3. The van der Waals surface area contributed by atoms with Crippen LogP contribution in [0.25, 0.3) is 17.0 Å². The number of thioether (sulfide) groups is 1. The molecule has 0 atom stereocenters. The van der Waals surface area contributed by atoms with Gasteiger partial charge in [0, 0.05) is 18.5 Å². The Hall–Kier alpha value is -2.41. The third kappa shape index (κ3) is 3.05. The van der Waals surface area contributed by atoms with E-state index in [4.69, 9.17) is 0 Å². The van der Waals surface area contributed by atoms with E-state index in [1.165, 1.54) is 0 Å². The van der Waals surface area contributed by atoms with Crippen molar-refractivity contribution in [1.29, 1.82) is 0 Å². The van der Waals surface area contributed by atoms with E-state index in [2.05, 4.69) is 34.0 Å². The van der Waals surface area contributed by atoms with Crippen molar-refractivity contribution in [2.24, 2.45) is 0 Å². The molecule has 2 heterocycles. The SMILES string of the molecule is CCN(CC)c1ncnc2ccc(/C=C3/SC(=O)NC3=O)cc12. The lowest BCUT2D eigenvalue weighted by molar-refractivity contribution is -0.115. The number of imide groups is 1. The zero-order valence-electron chi connectivity index (χ0n) is 12.9. The van der Waals surface area contributed by atoms with E-state index in [0.717, 1.165) is 47.1 Å². The molecule has 1 aromatic heterocycles. The third-order valence-corrected chi connectivity index (χ3v) is 4.45. The molecule has 1 fully saturated rings. The number of hydrogen-bond acceptors (Lipinski definition) is 6. The zero-order valence-corrected chi connectivity index (χ0v) is 13.7. The number of rotatable bonds is 4. The van der Waals surface area contributed by atoms with Crippen LogP contribution in [0.1, 0.15) is 19.4 Å². The van der Waals surface area contributed by atoms with E-state index in [1.807, 2.05) is 18.2 Å². The Morgan fingerprint density at radius 1 is 1.22 bits per heavy atom. The summed E-state index contributed by atoms with van der Waals surface area (Å²) in [5, 5.41) is 2.85. The van der Waals surface area contributed by atoms with E-state index in [1.54, 1.807) is 12.4 Å². The summed E-state index contributed by atoms with van der Waals surface area (Å²) in [5.41, 5.74) is 1.69. The van der Waals surface area contributed by atoms with E-state index < -0.39 is 0 Å². The second kappa shape index (κ2) is 6.37. The maximum Gasteiger partial charge on any atom is 0.290 e. The van der Waals surface area contributed by atoms with Gasteiger partial charge in [-0.05, 0) is 49.4 Å². The highest BCUT2D eigenvalue weighted by atomic mass is 32.2. The summed E-state index contributed by atoms with van der Waals surface area (Å²) in [7, 11) is 0. The number of carbonyl (C=O) groups is 2. The molecule has 0 unspecified atom stereocenters. The van der Waals surface area contributed by atoms with Gasteiger partial charge in [-0.15, -0.1) is 0 Å². The summed E-state index contributed by atoms with van der Waals surface area (Å²) < 4.78 is 0. The maximum absolute atomic E-state index is 11.7. The molecule has 1 aliphatic heterocycles. The molecule has 2 amide bonds. The summed E-state index contributed by atoms with van der Waals surface area (Å²) in [6.45, 7) is 5.85. The molecule has 7 heteroatoms. The topological polar surface area (TPSA) is 75.2 Å². The Morgan fingerprint density at radius 3 is 2.65 bits per heavy atom. The van der Waals surface area contributed by atoms with Crippen LogP contribution < -0.4 is 10.2 Å².